The number of carboxylic acids is 1. The zero-order valence-corrected chi connectivity index (χ0v) is 9.61. The van der Waals surface area contributed by atoms with Crippen molar-refractivity contribution in [3.05, 3.63) is 0 Å². The van der Waals surface area contributed by atoms with Crippen LogP contribution in [0.2, 0.25) is 0 Å². The molecule has 3 N–H and O–H groups in total. The molecule has 0 bridgehead atoms. The van der Waals surface area contributed by atoms with Crippen molar-refractivity contribution in [1.82, 2.24) is 0 Å². The fourth-order valence-electron chi connectivity index (χ4n) is 2.34. The number of nitrogens with two attached hydrogens (primary N) is 1. The maximum Gasteiger partial charge on any atom is 0.307 e. The van der Waals surface area contributed by atoms with E-state index in [1.807, 2.05) is 0 Å². The zero-order chi connectivity index (χ0) is 11.3. The van der Waals surface area contributed by atoms with Crippen molar-refractivity contribution in [3.63, 3.8) is 0 Å². The predicted molar refractivity (Wildman–Crippen MR) is 60.6 cm³/mol. The van der Waals surface area contributed by atoms with E-state index < -0.39 is 11.9 Å². The minimum absolute atomic E-state index is 0.176. The largest absolute Gasteiger partial charge is 0.481 e. The Balaban J connectivity index is 2.20. The maximum absolute atomic E-state index is 10.7. The van der Waals surface area contributed by atoms with Crippen LogP contribution >= 0.6 is 0 Å². The van der Waals surface area contributed by atoms with Crippen LogP contribution in [0.3, 0.4) is 0 Å². The lowest BCUT2D eigenvalue weighted by atomic mass is 9.84. The van der Waals surface area contributed by atoms with Crippen LogP contribution in [0.25, 0.3) is 0 Å². The molecule has 88 valence electrons. The highest BCUT2D eigenvalue weighted by Gasteiger charge is 2.21. The van der Waals surface area contributed by atoms with Crippen LogP contribution in [0.4, 0.5) is 0 Å². The molecule has 15 heavy (non-hydrogen) atoms. The van der Waals surface area contributed by atoms with Gasteiger partial charge in [0.15, 0.2) is 0 Å². The molecule has 0 aliphatic heterocycles. The second kappa shape index (κ2) is 6.11. The van der Waals surface area contributed by atoms with E-state index in [-0.39, 0.29) is 6.04 Å². The van der Waals surface area contributed by atoms with Crippen LogP contribution in [-0.2, 0) is 4.79 Å². The van der Waals surface area contributed by atoms with Gasteiger partial charge in [-0.15, -0.1) is 0 Å². The first kappa shape index (κ1) is 12.5. The van der Waals surface area contributed by atoms with Crippen molar-refractivity contribution in [1.29, 1.82) is 0 Å². The number of carbonyl (C=O) groups is 1. The lowest BCUT2D eigenvalue weighted by Crippen LogP contribution is -2.33. The number of rotatable bonds is 5. The van der Waals surface area contributed by atoms with Crippen LogP contribution in [0.1, 0.15) is 51.9 Å². The molecule has 0 saturated heterocycles. The normalized spacial score (nSPS) is 22.3. The minimum atomic E-state index is -0.772. The van der Waals surface area contributed by atoms with Crippen molar-refractivity contribution < 1.29 is 9.90 Å². The van der Waals surface area contributed by atoms with Crippen LogP contribution in [0.15, 0.2) is 0 Å². The summed E-state index contributed by atoms with van der Waals surface area (Å²) in [6.45, 7) is 1.70. The van der Waals surface area contributed by atoms with E-state index in [1.54, 1.807) is 6.92 Å². The molecule has 1 fully saturated rings. The van der Waals surface area contributed by atoms with Crippen LogP contribution < -0.4 is 5.73 Å². The van der Waals surface area contributed by atoms with Gasteiger partial charge in [-0.2, -0.15) is 0 Å². The van der Waals surface area contributed by atoms with Gasteiger partial charge in [0, 0.05) is 6.04 Å². The summed E-state index contributed by atoms with van der Waals surface area (Å²) in [7, 11) is 0. The molecular formula is C12H23NO2. The number of aliphatic carboxylic acids is 1. The molecule has 1 saturated carbocycles. The monoisotopic (exact) mass is 213 g/mol. The molecule has 1 aliphatic rings. The van der Waals surface area contributed by atoms with E-state index in [2.05, 4.69) is 0 Å². The molecule has 0 aromatic heterocycles. The lowest BCUT2D eigenvalue weighted by molar-refractivity contribution is -0.141. The third-order valence-corrected chi connectivity index (χ3v) is 3.66. The minimum Gasteiger partial charge on any atom is -0.481 e. The highest BCUT2D eigenvalue weighted by atomic mass is 16.4. The van der Waals surface area contributed by atoms with Gasteiger partial charge in [-0.1, -0.05) is 39.0 Å². The first-order chi connectivity index (χ1) is 7.11. The summed E-state index contributed by atoms with van der Waals surface area (Å²) < 4.78 is 0. The number of carboxylic acid groups (broad SMARTS) is 1. The Morgan fingerprint density at radius 3 is 2.53 bits per heavy atom. The second-order valence-corrected chi connectivity index (χ2v) is 4.87. The van der Waals surface area contributed by atoms with Crippen molar-refractivity contribution in [2.24, 2.45) is 17.6 Å². The van der Waals surface area contributed by atoms with Crippen LogP contribution in [0, 0.1) is 11.8 Å². The highest BCUT2D eigenvalue weighted by Crippen LogP contribution is 2.28. The van der Waals surface area contributed by atoms with Gasteiger partial charge < -0.3 is 10.8 Å². The molecule has 0 heterocycles. The summed E-state index contributed by atoms with van der Waals surface area (Å²) >= 11 is 0. The molecule has 0 spiro atoms. The third-order valence-electron chi connectivity index (χ3n) is 3.66. The number of hydrogen-bond acceptors (Lipinski definition) is 2. The second-order valence-electron chi connectivity index (χ2n) is 4.87. The predicted octanol–water partition coefficient (Wildman–Crippen LogP) is 2.39. The van der Waals surface area contributed by atoms with Crippen molar-refractivity contribution in [2.75, 3.05) is 0 Å². The molecule has 0 radical (unpaired) electrons. The Morgan fingerprint density at radius 1 is 1.40 bits per heavy atom. The van der Waals surface area contributed by atoms with Gasteiger partial charge in [0.25, 0.3) is 0 Å². The molecular weight excluding hydrogens is 190 g/mol. The Morgan fingerprint density at radius 2 is 2.00 bits per heavy atom. The van der Waals surface area contributed by atoms with Crippen molar-refractivity contribution in [3.8, 4) is 0 Å². The Kier molecular flexibility index (Phi) is 5.09. The summed E-state index contributed by atoms with van der Waals surface area (Å²) in [6, 6.07) is -0.176. The fourth-order valence-corrected chi connectivity index (χ4v) is 2.34. The Bertz CT molecular complexity index is 200. The van der Waals surface area contributed by atoms with E-state index in [4.69, 9.17) is 10.8 Å². The maximum atomic E-state index is 10.7. The average Bonchev–Trinajstić information content (AvgIpc) is 2.26. The van der Waals surface area contributed by atoms with E-state index >= 15 is 0 Å². The van der Waals surface area contributed by atoms with Gasteiger partial charge in [0.05, 0.1) is 5.92 Å². The lowest BCUT2D eigenvalue weighted by Gasteiger charge is -2.24. The first-order valence-corrected chi connectivity index (χ1v) is 6.09. The van der Waals surface area contributed by atoms with Gasteiger partial charge in [-0.3, -0.25) is 4.79 Å². The molecule has 1 aliphatic carbocycles. The van der Waals surface area contributed by atoms with Gasteiger partial charge in [0.1, 0.15) is 0 Å². The summed E-state index contributed by atoms with van der Waals surface area (Å²) in [5.41, 5.74) is 5.85. The Hall–Kier alpha value is -0.570. The molecule has 0 aromatic carbocycles. The molecule has 0 amide bonds. The summed E-state index contributed by atoms with van der Waals surface area (Å²) in [6.07, 6.45) is 8.65. The first-order valence-electron chi connectivity index (χ1n) is 6.09. The average molecular weight is 213 g/mol. The van der Waals surface area contributed by atoms with Crippen LogP contribution in [0.5, 0.6) is 0 Å². The fraction of sp³-hybridized carbons (Fsp3) is 0.917. The third kappa shape index (κ3) is 4.20. The standard InChI is InChI=1S/C12H23NO2/c1-9(12(14)15)11(13)8-7-10-5-3-2-4-6-10/h9-11H,2-8,13H2,1H3,(H,14,15). The van der Waals surface area contributed by atoms with Crippen molar-refractivity contribution >= 4 is 5.97 Å². The highest BCUT2D eigenvalue weighted by molar-refractivity contribution is 5.70. The van der Waals surface area contributed by atoms with E-state index in [0.717, 1.165) is 18.8 Å². The SMILES string of the molecule is CC(C(=O)O)C(N)CCC1CCCCC1. The quantitative estimate of drug-likeness (QED) is 0.737. The summed E-state index contributed by atoms with van der Waals surface area (Å²) in [4.78, 5) is 10.7. The van der Waals surface area contributed by atoms with Gasteiger partial charge in [-0.25, -0.2) is 0 Å². The molecule has 0 aromatic rings. The smallest absolute Gasteiger partial charge is 0.307 e. The van der Waals surface area contributed by atoms with Gasteiger partial charge >= 0.3 is 5.97 Å². The van der Waals surface area contributed by atoms with Crippen LogP contribution in [-0.4, -0.2) is 17.1 Å². The molecule has 3 nitrogen and oxygen atoms in total. The van der Waals surface area contributed by atoms with Crippen molar-refractivity contribution in [2.45, 2.75) is 57.9 Å². The Labute approximate surface area is 92.0 Å². The topological polar surface area (TPSA) is 63.3 Å². The summed E-state index contributed by atoms with van der Waals surface area (Å²) in [5.74, 6) is -0.384. The van der Waals surface area contributed by atoms with E-state index in [0.29, 0.717) is 0 Å². The zero-order valence-electron chi connectivity index (χ0n) is 9.61. The molecule has 1 rings (SSSR count). The number of hydrogen-bond donors (Lipinski definition) is 2. The molecule has 3 heteroatoms. The van der Waals surface area contributed by atoms with Gasteiger partial charge in [-0.05, 0) is 18.8 Å². The molecule has 2 atom stereocenters. The summed E-state index contributed by atoms with van der Waals surface area (Å²) in [5, 5.41) is 8.81. The van der Waals surface area contributed by atoms with E-state index in [9.17, 15) is 4.79 Å². The van der Waals surface area contributed by atoms with E-state index in [1.165, 1.54) is 32.1 Å². The molecule has 2 unspecified atom stereocenters. The van der Waals surface area contributed by atoms with Gasteiger partial charge in [0.2, 0.25) is 0 Å².